The van der Waals surface area contributed by atoms with Gasteiger partial charge in [0.15, 0.2) is 4.75 Å². The topological polar surface area (TPSA) is 78.2 Å². The zero-order chi connectivity index (χ0) is 14.4. The van der Waals surface area contributed by atoms with Crippen LogP contribution < -0.4 is 0 Å². The molecule has 19 heavy (non-hydrogen) atoms. The van der Waals surface area contributed by atoms with Gasteiger partial charge in [-0.15, -0.1) is 0 Å². The summed E-state index contributed by atoms with van der Waals surface area (Å²) in [6, 6.07) is 6.46. The summed E-state index contributed by atoms with van der Waals surface area (Å²) >= 11 is 5.96. The van der Waals surface area contributed by atoms with E-state index in [1.54, 1.807) is 6.07 Å². The molecule has 1 heterocycles. The van der Waals surface area contributed by atoms with Gasteiger partial charge >= 0.3 is 0 Å². The maximum Gasteiger partial charge on any atom is 0.259 e. The van der Waals surface area contributed by atoms with Crippen LogP contribution in [0.5, 0.6) is 0 Å². The van der Waals surface area contributed by atoms with Crippen molar-refractivity contribution in [1.82, 2.24) is 4.31 Å². The lowest BCUT2D eigenvalue weighted by molar-refractivity contribution is -0.132. The number of carbonyl (C=O) groups excluding carboxylic acids is 1. The van der Waals surface area contributed by atoms with E-state index in [1.165, 1.54) is 26.0 Å². The molecule has 1 amide bonds. The highest BCUT2D eigenvalue weighted by Crippen LogP contribution is 2.36. The third-order valence-electron chi connectivity index (χ3n) is 3.17. The van der Waals surface area contributed by atoms with Gasteiger partial charge in [0.25, 0.3) is 15.9 Å². The van der Waals surface area contributed by atoms with Gasteiger partial charge in [0.05, 0.1) is 18.2 Å². The van der Waals surface area contributed by atoms with Crippen LogP contribution >= 0.6 is 11.6 Å². The second kappa shape index (κ2) is 4.22. The average Bonchev–Trinajstić information content (AvgIpc) is 2.35. The number of rotatable bonds is 2. The van der Waals surface area contributed by atoms with Crippen molar-refractivity contribution < 1.29 is 13.2 Å². The van der Waals surface area contributed by atoms with E-state index in [2.05, 4.69) is 0 Å². The van der Waals surface area contributed by atoms with Gasteiger partial charge in [0.2, 0.25) is 0 Å². The van der Waals surface area contributed by atoms with E-state index >= 15 is 0 Å². The van der Waals surface area contributed by atoms with E-state index in [0.29, 0.717) is 11.1 Å². The lowest BCUT2D eigenvalue weighted by atomic mass is 10.1. The lowest BCUT2D eigenvalue weighted by Crippen LogP contribution is -2.66. The SMILES string of the molecule is CC1(C)C(=O)N(Cc2ccc(C#N)cc2Cl)S1(=O)=O. The second-order valence-electron chi connectivity index (χ2n) is 4.75. The number of halogens is 1. The van der Waals surface area contributed by atoms with Crippen molar-refractivity contribution in [3.8, 4) is 6.07 Å². The zero-order valence-electron chi connectivity index (χ0n) is 10.3. The minimum Gasteiger partial charge on any atom is -0.272 e. The summed E-state index contributed by atoms with van der Waals surface area (Å²) < 4.78 is 23.3. The number of hydrogen-bond donors (Lipinski definition) is 0. The summed E-state index contributed by atoms with van der Waals surface area (Å²) in [5, 5.41) is 8.99. The molecule has 1 fully saturated rings. The third kappa shape index (κ3) is 1.90. The number of nitriles is 1. The molecule has 0 atom stereocenters. The minimum absolute atomic E-state index is 0.102. The van der Waals surface area contributed by atoms with Crippen LogP contribution in [0.25, 0.3) is 0 Å². The number of hydrogen-bond acceptors (Lipinski definition) is 4. The Balaban J connectivity index is 2.30. The fraction of sp³-hybridized carbons (Fsp3) is 0.333. The summed E-state index contributed by atoms with van der Waals surface area (Å²) in [7, 11) is -3.62. The molecule has 1 aliphatic rings. The van der Waals surface area contributed by atoms with Gasteiger partial charge in [-0.3, -0.25) is 4.79 Å². The molecule has 1 aromatic rings. The Bertz CT molecular complexity index is 704. The number of carbonyl (C=O) groups is 1. The van der Waals surface area contributed by atoms with E-state index in [-0.39, 0.29) is 11.6 Å². The van der Waals surface area contributed by atoms with E-state index in [1.807, 2.05) is 6.07 Å². The minimum atomic E-state index is -3.62. The highest BCUT2D eigenvalue weighted by Gasteiger charge is 2.59. The van der Waals surface area contributed by atoms with E-state index in [4.69, 9.17) is 16.9 Å². The Hall–Kier alpha value is -1.58. The molecule has 5 nitrogen and oxygen atoms in total. The molecule has 1 aliphatic heterocycles. The highest BCUT2D eigenvalue weighted by molar-refractivity contribution is 7.94. The van der Waals surface area contributed by atoms with Gasteiger partial charge in [0, 0.05) is 5.02 Å². The van der Waals surface area contributed by atoms with Crippen molar-refractivity contribution in [3.05, 3.63) is 34.3 Å². The highest BCUT2D eigenvalue weighted by atomic mass is 35.5. The Morgan fingerprint density at radius 2 is 2.05 bits per heavy atom. The Labute approximate surface area is 116 Å². The maximum atomic E-state index is 11.9. The molecule has 0 bridgehead atoms. The van der Waals surface area contributed by atoms with Crippen molar-refractivity contribution >= 4 is 27.5 Å². The normalized spacial score (nSPS) is 19.7. The average molecular weight is 299 g/mol. The Kier molecular flexibility index (Phi) is 3.07. The molecule has 0 spiro atoms. The number of amides is 1. The molecule has 0 radical (unpaired) electrons. The van der Waals surface area contributed by atoms with Crippen LogP contribution in [0.4, 0.5) is 0 Å². The fourth-order valence-corrected chi connectivity index (χ4v) is 3.56. The summed E-state index contributed by atoms with van der Waals surface area (Å²) in [4.78, 5) is 11.8. The molecule has 0 aliphatic carbocycles. The van der Waals surface area contributed by atoms with E-state index in [0.717, 1.165) is 4.31 Å². The number of sulfonamides is 1. The summed E-state index contributed by atoms with van der Waals surface area (Å²) in [5.74, 6) is -0.451. The first kappa shape index (κ1) is 13.8. The van der Waals surface area contributed by atoms with Crippen LogP contribution in [-0.4, -0.2) is 23.4 Å². The molecular weight excluding hydrogens is 288 g/mol. The standard InChI is InChI=1S/C12H11ClN2O3S/c1-12(2)11(16)15(19(12,17)18)7-9-4-3-8(6-14)5-10(9)13/h3-5H,7H2,1-2H3. The molecule has 2 rings (SSSR count). The van der Waals surface area contributed by atoms with Crippen molar-refractivity contribution in [3.63, 3.8) is 0 Å². The van der Waals surface area contributed by atoms with Crippen LogP contribution in [0.2, 0.25) is 5.02 Å². The molecule has 0 unspecified atom stereocenters. The van der Waals surface area contributed by atoms with Crippen molar-refractivity contribution in [2.24, 2.45) is 0 Å². The predicted octanol–water partition coefficient (Wildman–Crippen LogP) is 1.66. The first-order valence-corrected chi connectivity index (χ1v) is 7.29. The first-order chi connectivity index (χ1) is 8.71. The molecule has 0 saturated carbocycles. The molecule has 0 aromatic heterocycles. The Morgan fingerprint density at radius 1 is 1.42 bits per heavy atom. The van der Waals surface area contributed by atoms with Crippen LogP contribution in [0.3, 0.4) is 0 Å². The van der Waals surface area contributed by atoms with Gasteiger partial charge in [-0.1, -0.05) is 17.7 Å². The summed E-state index contributed by atoms with van der Waals surface area (Å²) in [6.45, 7) is 2.65. The van der Waals surface area contributed by atoms with E-state index < -0.39 is 20.7 Å². The van der Waals surface area contributed by atoms with E-state index in [9.17, 15) is 13.2 Å². The van der Waals surface area contributed by atoms with Gasteiger partial charge in [-0.25, -0.2) is 12.7 Å². The van der Waals surface area contributed by atoms with Crippen molar-refractivity contribution in [2.45, 2.75) is 25.1 Å². The molecular formula is C12H11ClN2O3S. The number of benzene rings is 1. The van der Waals surface area contributed by atoms with Crippen LogP contribution in [0, 0.1) is 11.3 Å². The molecule has 7 heteroatoms. The summed E-state index contributed by atoms with van der Waals surface area (Å²) in [6.07, 6.45) is 0. The van der Waals surface area contributed by atoms with Crippen LogP contribution in [0.1, 0.15) is 25.0 Å². The van der Waals surface area contributed by atoms with Crippen molar-refractivity contribution in [2.75, 3.05) is 0 Å². The van der Waals surface area contributed by atoms with Gasteiger partial charge < -0.3 is 0 Å². The van der Waals surface area contributed by atoms with Crippen LogP contribution in [-0.2, 0) is 21.4 Å². The van der Waals surface area contributed by atoms with Gasteiger partial charge in [-0.05, 0) is 31.5 Å². The van der Waals surface area contributed by atoms with Gasteiger partial charge in [-0.2, -0.15) is 5.26 Å². The first-order valence-electron chi connectivity index (χ1n) is 5.47. The third-order valence-corrected chi connectivity index (χ3v) is 5.86. The zero-order valence-corrected chi connectivity index (χ0v) is 11.9. The molecule has 100 valence electrons. The molecule has 0 N–H and O–H groups in total. The maximum absolute atomic E-state index is 11.9. The summed E-state index contributed by atoms with van der Waals surface area (Å²) in [5.41, 5.74) is 0.875. The van der Waals surface area contributed by atoms with Crippen LogP contribution in [0.15, 0.2) is 18.2 Å². The second-order valence-corrected chi connectivity index (χ2v) is 7.56. The van der Waals surface area contributed by atoms with Crippen molar-refractivity contribution in [1.29, 1.82) is 5.26 Å². The lowest BCUT2D eigenvalue weighted by Gasteiger charge is -2.43. The molecule has 1 saturated heterocycles. The predicted molar refractivity (Wildman–Crippen MR) is 69.7 cm³/mol. The fourth-order valence-electron chi connectivity index (χ4n) is 1.81. The molecule has 1 aromatic carbocycles. The quantitative estimate of drug-likeness (QED) is 0.832. The Morgan fingerprint density at radius 3 is 2.53 bits per heavy atom. The number of nitrogens with zero attached hydrogens (tertiary/aromatic N) is 2. The largest absolute Gasteiger partial charge is 0.272 e. The van der Waals surface area contributed by atoms with Gasteiger partial charge in [0.1, 0.15) is 0 Å². The monoisotopic (exact) mass is 298 g/mol. The smallest absolute Gasteiger partial charge is 0.259 e.